The average Bonchev–Trinajstić information content (AvgIpc) is 3.21. The number of aromatic nitrogens is 1. The van der Waals surface area contributed by atoms with Crippen LogP contribution in [0.5, 0.6) is 11.5 Å². The number of hydrogen-bond donors (Lipinski definition) is 4. The third kappa shape index (κ3) is 8.69. The average molecular weight is 570 g/mol. The standard InChI is InChI=1S/C23H22F2N4O4.C2HF3O2/c1-31-11-10-27-21-12-15(8-9-26-21)14-28-18-5-3-2-4-17(18)22(30)29-16-6-7-19-20(13-16)33-23(24,25)32-19;3-2(4,5)1(6)7/h2-9,12-13,28H,10-11,14H2,1H3,(H,26,27)(H,29,30);(H,6,7). The second-order valence-electron chi connectivity index (χ2n) is 7.95. The van der Waals surface area contributed by atoms with Crippen LogP contribution in [-0.2, 0) is 16.1 Å². The van der Waals surface area contributed by atoms with Crippen molar-refractivity contribution in [2.24, 2.45) is 0 Å². The summed E-state index contributed by atoms with van der Waals surface area (Å²) in [4.78, 5) is 26.0. The number of carbonyl (C=O) groups excluding carboxylic acids is 1. The number of aliphatic carboxylic acids is 1. The summed E-state index contributed by atoms with van der Waals surface area (Å²) in [6.07, 6.45) is -7.10. The van der Waals surface area contributed by atoms with E-state index in [1.54, 1.807) is 31.5 Å². The lowest BCUT2D eigenvalue weighted by atomic mass is 10.1. The summed E-state index contributed by atoms with van der Waals surface area (Å²) in [6.45, 7) is 1.67. The van der Waals surface area contributed by atoms with Crippen molar-refractivity contribution in [3.8, 4) is 11.5 Å². The highest BCUT2D eigenvalue weighted by Crippen LogP contribution is 2.42. The van der Waals surface area contributed by atoms with E-state index in [9.17, 15) is 26.7 Å². The molecule has 2 aromatic carbocycles. The molecule has 0 saturated heterocycles. The van der Waals surface area contributed by atoms with Gasteiger partial charge in [0.15, 0.2) is 11.5 Å². The SMILES string of the molecule is COCCNc1cc(CNc2ccccc2C(=O)Nc2ccc3c(c2)OC(F)(F)O3)ccn1.O=C(O)C(F)(F)F. The van der Waals surface area contributed by atoms with Crippen LogP contribution in [0.4, 0.5) is 39.1 Å². The smallest absolute Gasteiger partial charge is 0.475 e. The normalized spacial score (nSPS) is 13.1. The van der Waals surface area contributed by atoms with E-state index >= 15 is 0 Å². The van der Waals surface area contributed by atoms with Crippen LogP contribution in [-0.4, -0.2) is 54.7 Å². The number of fused-ring (bicyclic) bond motifs is 1. The molecule has 1 aliphatic heterocycles. The van der Waals surface area contributed by atoms with Crippen LogP contribution in [0.1, 0.15) is 15.9 Å². The first kappa shape index (κ1) is 29.9. The van der Waals surface area contributed by atoms with Gasteiger partial charge in [0.05, 0.1) is 12.2 Å². The fraction of sp³-hybridized carbons (Fsp3) is 0.240. The molecule has 1 amide bonds. The summed E-state index contributed by atoms with van der Waals surface area (Å²) in [5.74, 6) is -2.66. The molecular formula is C25H23F5N4O6. The fourth-order valence-electron chi connectivity index (χ4n) is 3.22. The number of pyridine rings is 1. The molecule has 1 aliphatic rings. The van der Waals surface area contributed by atoms with E-state index in [-0.39, 0.29) is 11.5 Å². The maximum Gasteiger partial charge on any atom is 0.586 e. The van der Waals surface area contributed by atoms with E-state index in [4.69, 9.17) is 14.6 Å². The third-order valence-electron chi connectivity index (χ3n) is 4.99. The Bertz CT molecular complexity index is 1340. The summed E-state index contributed by atoms with van der Waals surface area (Å²) in [6, 6.07) is 14.9. The number of benzene rings is 2. The van der Waals surface area contributed by atoms with Crippen LogP contribution in [0.15, 0.2) is 60.8 Å². The van der Waals surface area contributed by atoms with Crippen molar-refractivity contribution in [1.82, 2.24) is 4.98 Å². The minimum Gasteiger partial charge on any atom is -0.475 e. The van der Waals surface area contributed by atoms with Gasteiger partial charge in [0.2, 0.25) is 0 Å². The summed E-state index contributed by atoms with van der Waals surface area (Å²) >= 11 is 0. The number of carbonyl (C=O) groups is 2. The van der Waals surface area contributed by atoms with E-state index in [1.165, 1.54) is 18.2 Å². The van der Waals surface area contributed by atoms with Gasteiger partial charge >= 0.3 is 18.4 Å². The highest BCUT2D eigenvalue weighted by atomic mass is 19.4. The molecule has 0 fully saturated rings. The van der Waals surface area contributed by atoms with Gasteiger partial charge in [0.25, 0.3) is 5.91 Å². The minimum absolute atomic E-state index is 0.0894. The zero-order valence-corrected chi connectivity index (χ0v) is 20.7. The number of anilines is 3. The van der Waals surface area contributed by atoms with Crippen LogP contribution in [0.2, 0.25) is 0 Å². The Kier molecular flexibility index (Phi) is 9.66. The predicted molar refractivity (Wildman–Crippen MR) is 133 cm³/mol. The van der Waals surface area contributed by atoms with Crippen molar-refractivity contribution in [1.29, 1.82) is 0 Å². The molecule has 10 nitrogen and oxygen atoms in total. The predicted octanol–water partition coefficient (Wildman–Crippen LogP) is 4.96. The quantitative estimate of drug-likeness (QED) is 0.208. The van der Waals surface area contributed by atoms with E-state index in [2.05, 4.69) is 30.4 Å². The molecule has 4 rings (SSSR count). The zero-order valence-electron chi connectivity index (χ0n) is 20.7. The van der Waals surface area contributed by atoms with Crippen LogP contribution >= 0.6 is 0 Å². The van der Waals surface area contributed by atoms with Gasteiger partial charge in [-0.25, -0.2) is 9.78 Å². The monoisotopic (exact) mass is 570 g/mol. The highest BCUT2D eigenvalue weighted by molar-refractivity contribution is 6.08. The first-order valence-corrected chi connectivity index (χ1v) is 11.4. The Morgan fingerprint density at radius 1 is 1.02 bits per heavy atom. The summed E-state index contributed by atoms with van der Waals surface area (Å²) in [5.41, 5.74) is 2.29. The number of halogens is 5. The van der Waals surface area contributed by atoms with E-state index in [0.717, 1.165) is 11.4 Å². The van der Waals surface area contributed by atoms with Gasteiger partial charge in [-0.2, -0.15) is 13.2 Å². The van der Waals surface area contributed by atoms with Crippen molar-refractivity contribution >= 4 is 29.1 Å². The number of hydrogen-bond acceptors (Lipinski definition) is 8. The third-order valence-corrected chi connectivity index (χ3v) is 4.99. The molecule has 15 heteroatoms. The van der Waals surface area contributed by atoms with Crippen molar-refractivity contribution in [3.63, 3.8) is 0 Å². The Hall–Kier alpha value is -4.66. The number of carboxylic acid groups (broad SMARTS) is 1. The van der Waals surface area contributed by atoms with Crippen LogP contribution in [0.3, 0.4) is 0 Å². The van der Waals surface area contributed by atoms with Crippen molar-refractivity contribution in [2.45, 2.75) is 19.0 Å². The van der Waals surface area contributed by atoms with Gasteiger partial charge in [-0.3, -0.25) is 4.79 Å². The molecule has 0 bridgehead atoms. The van der Waals surface area contributed by atoms with E-state index < -0.39 is 24.3 Å². The molecule has 3 aromatic rings. The van der Waals surface area contributed by atoms with Crippen molar-refractivity contribution in [3.05, 3.63) is 71.9 Å². The second-order valence-corrected chi connectivity index (χ2v) is 7.95. The Balaban J connectivity index is 0.000000559. The molecule has 214 valence electrons. The van der Waals surface area contributed by atoms with Gasteiger partial charge < -0.3 is 35.3 Å². The van der Waals surface area contributed by atoms with Crippen LogP contribution in [0.25, 0.3) is 0 Å². The number of rotatable bonds is 9. The summed E-state index contributed by atoms with van der Waals surface area (Å²) in [7, 11) is 1.63. The molecular weight excluding hydrogens is 547 g/mol. The van der Waals surface area contributed by atoms with Crippen LogP contribution in [0, 0.1) is 0 Å². The van der Waals surface area contributed by atoms with Gasteiger partial charge in [-0.05, 0) is 42.0 Å². The molecule has 0 radical (unpaired) electrons. The zero-order chi connectivity index (χ0) is 29.3. The molecule has 1 aromatic heterocycles. The summed E-state index contributed by atoms with van der Waals surface area (Å²) in [5, 5.41) is 16.3. The Labute approximate surface area is 224 Å². The second kappa shape index (κ2) is 12.9. The number of amides is 1. The van der Waals surface area contributed by atoms with Crippen molar-refractivity contribution < 1.29 is 50.9 Å². The number of nitrogens with zero attached hydrogens (tertiary/aromatic N) is 1. The molecule has 0 saturated carbocycles. The fourth-order valence-corrected chi connectivity index (χ4v) is 3.22. The summed E-state index contributed by atoms with van der Waals surface area (Å²) < 4.78 is 72.0. The van der Waals surface area contributed by atoms with Gasteiger partial charge in [0, 0.05) is 43.8 Å². The number of para-hydroxylation sites is 1. The van der Waals surface area contributed by atoms with E-state index in [1.807, 2.05) is 18.2 Å². The number of nitrogens with one attached hydrogen (secondary N) is 3. The van der Waals surface area contributed by atoms with Crippen LogP contribution < -0.4 is 25.4 Å². The largest absolute Gasteiger partial charge is 0.586 e. The minimum atomic E-state index is -5.08. The van der Waals surface area contributed by atoms with Gasteiger partial charge in [-0.1, -0.05) is 12.1 Å². The molecule has 40 heavy (non-hydrogen) atoms. The molecule has 2 heterocycles. The first-order chi connectivity index (χ1) is 18.9. The Morgan fingerprint density at radius 2 is 1.73 bits per heavy atom. The molecule has 4 N–H and O–H groups in total. The maximum absolute atomic E-state index is 13.2. The highest BCUT2D eigenvalue weighted by Gasteiger charge is 2.43. The van der Waals surface area contributed by atoms with E-state index in [0.29, 0.717) is 36.6 Å². The van der Waals surface area contributed by atoms with Gasteiger partial charge in [-0.15, -0.1) is 8.78 Å². The van der Waals surface area contributed by atoms with Gasteiger partial charge in [0.1, 0.15) is 5.82 Å². The number of ether oxygens (including phenoxy) is 3. The molecule has 0 unspecified atom stereocenters. The maximum atomic E-state index is 13.2. The lowest BCUT2D eigenvalue weighted by molar-refractivity contribution is -0.286. The number of carboxylic acids is 1. The topological polar surface area (TPSA) is 131 Å². The first-order valence-electron chi connectivity index (χ1n) is 11.4. The Morgan fingerprint density at radius 3 is 2.42 bits per heavy atom. The molecule has 0 spiro atoms. The lowest BCUT2D eigenvalue weighted by Gasteiger charge is -2.13. The number of methoxy groups -OCH3 is 1. The molecule has 0 aliphatic carbocycles. The lowest BCUT2D eigenvalue weighted by Crippen LogP contribution is -2.25. The molecule has 0 atom stereocenters. The number of alkyl halides is 5. The van der Waals surface area contributed by atoms with Crippen molar-refractivity contribution in [2.75, 3.05) is 36.2 Å².